The molecule has 0 saturated carbocycles. The van der Waals surface area contributed by atoms with E-state index >= 15 is 0 Å². The number of thioether (sulfide) groups is 1. The number of alkyl halides is 3. The standard InChI is InChI=1S/C23H22F4N2O2S/c24-19-6-2-3-16(12-19)21(31)28-9-7-15(8-10-28)13-29-20(30)14-32-22(29)17-4-1-5-18(11-17)23(25,26)27/h1-6,11-12,15,22H,7-10,13-14H2/t22-/m1/s1. The number of halogens is 4. The molecule has 2 aliphatic rings. The number of likely N-dealkylation sites (tertiary alicyclic amines) is 1. The van der Waals surface area contributed by atoms with Crippen LogP contribution < -0.4 is 0 Å². The summed E-state index contributed by atoms with van der Waals surface area (Å²) in [6, 6.07) is 10.7. The highest BCUT2D eigenvalue weighted by molar-refractivity contribution is 8.00. The van der Waals surface area contributed by atoms with Gasteiger partial charge in [-0.1, -0.05) is 18.2 Å². The summed E-state index contributed by atoms with van der Waals surface area (Å²) < 4.78 is 52.7. The summed E-state index contributed by atoms with van der Waals surface area (Å²) in [4.78, 5) is 28.4. The number of carbonyl (C=O) groups is 2. The average molecular weight is 467 g/mol. The zero-order valence-electron chi connectivity index (χ0n) is 17.1. The number of hydrogen-bond acceptors (Lipinski definition) is 3. The zero-order chi connectivity index (χ0) is 22.9. The van der Waals surface area contributed by atoms with Gasteiger partial charge in [-0.15, -0.1) is 11.8 Å². The Bertz CT molecular complexity index is 1010. The molecular weight excluding hydrogens is 444 g/mol. The fourth-order valence-corrected chi connectivity index (χ4v) is 5.39. The number of benzene rings is 2. The third-order valence-electron chi connectivity index (χ3n) is 5.90. The minimum atomic E-state index is -4.44. The number of hydrogen-bond donors (Lipinski definition) is 0. The molecular formula is C23H22F4N2O2S. The molecule has 4 nitrogen and oxygen atoms in total. The lowest BCUT2D eigenvalue weighted by atomic mass is 9.95. The van der Waals surface area contributed by atoms with Crippen molar-refractivity contribution < 1.29 is 27.2 Å². The summed E-state index contributed by atoms with van der Waals surface area (Å²) in [5, 5.41) is -0.447. The Morgan fingerprint density at radius 2 is 1.78 bits per heavy atom. The summed E-state index contributed by atoms with van der Waals surface area (Å²) in [6.07, 6.45) is -3.09. The molecule has 2 amide bonds. The molecule has 0 bridgehead atoms. The van der Waals surface area contributed by atoms with Crippen molar-refractivity contribution in [2.24, 2.45) is 5.92 Å². The lowest BCUT2D eigenvalue weighted by Gasteiger charge is -2.35. The van der Waals surface area contributed by atoms with Crippen molar-refractivity contribution in [2.75, 3.05) is 25.4 Å². The first kappa shape index (κ1) is 22.6. The van der Waals surface area contributed by atoms with E-state index in [9.17, 15) is 27.2 Å². The normalized spacial score (nSPS) is 20.1. The Hall–Kier alpha value is -2.55. The van der Waals surface area contributed by atoms with E-state index in [1.54, 1.807) is 21.9 Å². The molecule has 2 aromatic carbocycles. The van der Waals surface area contributed by atoms with Crippen LogP contribution in [0.1, 0.15) is 39.7 Å². The summed E-state index contributed by atoms with van der Waals surface area (Å²) in [6.45, 7) is 1.42. The topological polar surface area (TPSA) is 40.6 Å². The lowest BCUT2D eigenvalue weighted by Crippen LogP contribution is -2.42. The molecule has 9 heteroatoms. The van der Waals surface area contributed by atoms with Crippen molar-refractivity contribution in [3.05, 3.63) is 71.0 Å². The fraction of sp³-hybridized carbons (Fsp3) is 0.391. The van der Waals surface area contributed by atoms with Gasteiger partial charge >= 0.3 is 6.18 Å². The van der Waals surface area contributed by atoms with Crippen LogP contribution in [-0.4, -0.2) is 47.0 Å². The minimum absolute atomic E-state index is 0.0873. The third-order valence-corrected chi connectivity index (χ3v) is 7.15. The molecule has 2 aliphatic heterocycles. The molecule has 0 radical (unpaired) electrons. The van der Waals surface area contributed by atoms with Crippen LogP contribution >= 0.6 is 11.8 Å². The first-order valence-electron chi connectivity index (χ1n) is 10.4. The largest absolute Gasteiger partial charge is 0.416 e. The van der Waals surface area contributed by atoms with Crippen LogP contribution in [0.2, 0.25) is 0 Å². The van der Waals surface area contributed by atoms with Crippen molar-refractivity contribution in [1.82, 2.24) is 9.80 Å². The average Bonchev–Trinajstić information content (AvgIpc) is 3.13. The molecule has 0 N–H and O–H groups in total. The fourth-order valence-electron chi connectivity index (χ4n) is 4.20. The van der Waals surface area contributed by atoms with Crippen molar-refractivity contribution in [1.29, 1.82) is 0 Å². The second-order valence-electron chi connectivity index (χ2n) is 8.08. The molecule has 4 rings (SSSR count). The SMILES string of the molecule is O=C(c1cccc(F)c1)N1CCC(CN2C(=O)CS[C@@H]2c2cccc(C(F)(F)F)c2)CC1. The second kappa shape index (κ2) is 9.13. The van der Waals surface area contributed by atoms with E-state index < -0.39 is 22.9 Å². The Morgan fingerprint density at radius 3 is 2.47 bits per heavy atom. The Balaban J connectivity index is 1.40. The highest BCUT2D eigenvalue weighted by atomic mass is 32.2. The van der Waals surface area contributed by atoms with E-state index in [1.165, 1.54) is 36.0 Å². The van der Waals surface area contributed by atoms with Gasteiger partial charge in [0, 0.05) is 25.2 Å². The Morgan fingerprint density at radius 1 is 1.06 bits per heavy atom. The van der Waals surface area contributed by atoms with Gasteiger partial charge in [0.25, 0.3) is 5.91 Å². The van der Waals surface area contributed by atoms with Crippen molar-refractivity contribution in [2.45, 2.75) is 24.4 Å². The van der Waals surface area contributed by atoms with Crippen LogP contribution in [0.3, 0.4) is 0 Å². The van der Waals surface area contributed by atoms with Crippen LogP contribution in [0, 0.1) is 11.7 Å². The molecule has 0 aliphatic carbocycles. The molecule has 2 heterocycles. The van der Waals surface area contributed by atoms with Gasteiger partial charge in [-0.25, -0.2) is 4.39 Å². The van der Waals surface area contributed by atoms with Gasteiger partial charge in [-0.2, -0.15) is 13.2 Å². The van der Waals surface area contributed by atoms with E-state index in [-0.39, 0.29) is 23.5 Å². The van der Waals surface area contributed by atoms with E-state index in [0.29, 0.717) is 43.6 Å². The smallest absolute Gasteiger partial charge is 0.339 e. The number of carbonyl (C=O) groups excluding carboxylic acids is 2. The predicted molar refractivity (Wildman–Crippen MR) is 113 cm³/mol. The molecule has 170 valence electrons. The maximum absolute atomic E-state index is 13.4. The van der Waals surface area contributed by atoms with Gasteiger partial charge in [0.2, 0.25) is 5.91 Å². The molecule has 2 aromatic rings. The van der Waals surface area contributed by atoms with Gasteiger partial charge in [0.1, 0.15) is 11.2 Å². The van der Waals surface area contributed by atoms with Crippen LogP contribution in [-0.2, 0) is 11.0 Å². The molecule has 0 spiro atoms. The van der Waals surface area contributed by atoms with Crippen molar-refractivity contribution in [3.8, 4) is 0 Å². The van der Waals surface area contributed by atoms with Gasteiger partial charge < -0.3 is 9.80 Å². The van der Waals surface area contributed by atoms with E-state index in [4.69, 9.17) is 0 Å². The Labute approximate surface area is 187 Å². The number of rotatable bonds is 4. The van der Waals surface area contributed by atoms with Gasteiger partial charge in [0.05, 0.1) is 11.3 Å². The van der Waals surface area contributed by atoms with Gasteiger partial charge in [0.15, 0.2) is 0 Å². The summed E-state index contributed by atoms with van der Waals surface area (Å²) in [5.41, 5.74) is 0.0487. The second-order valence-corrected chi connectivity index (χ2v) is 9.15. The number of piperidine rings is 1. The minimum Gasteiger partial charge on any atom is -0.339 e. The summed E-state index contributed by atoms with van der Waals surface area (Å²) in [7, 11) is 0. The Kier molecular flexibility index (Phi) is 6.46. The molecule has 0 unspecified atom stereocenters. The maximum Gasteiger partial charge on any atom is 0.416 e. The predicted octanol–water partition coefficient (Wildman–Crippen LogP) is 4.97. The van der Waals surface area contributed by atoms with Gasteiger partial charge in [-0.05, 0) is 54.7 Å². The van der Waals surface area contributed by atoms with E-state index in [2.05, 4.69) is 0 Å². The summed E-state index contributed by atoms with van der Waals surface area (Å²) in [5.74, 6) is -0.398. The first-order valence-corrected chi connectivity index (χ1v) is 11.4. The lowest BCUT2D eigenvalue weighted by molar-refractivity contribution is -0.137. The highest BCUT2D eigenvalue weighted by Gasteiger charge is 2.37. The molecule has 1 atom stereocenters. The van der Waals surface area contributed by atoms with E-state index in [0.717, 1.165) is 12.1 Å². The monoisotopic (exact) mass is 466 g/mol. The van der Waals surface area contributed by atoms with Crippen LogP contribution in [0.5, 0.6) is 0 Å². The van der Waals surface area contributed by atoms with Crippen LogP contribution in [0.15, 0.2) is 48.5 Å². The first-order chi connectivity index (χ1) is 15.2. The molecule has 32 heavy (non-hydrogen) atoms. The number of nitrogens with zero attached hydrogens (tertiary/aromatic N) is 2. The maximum atomic E-state index is 13.4. The molecule has 2 saturated heterocycles. The third kappa shape index (κ3) is 4.92. The van der Waals surface area contributed by atoms with E-state index in [1.807, 2.05) is 0 Å². The molecule has 2 fully saturated rings. The van der Waals surface area contributed by atoms with Crippen molar-refractivity contribution in [3.63, 3.8) is 0 Å². The van der Waals surface area contributed by atoms with Crippen molar-refractivity contribution >= 4 is 23.6 Å². The zero-order valence-corrected chi connectivity index (χ0v) is 18.0. The highest BCUT2D eigenvalue weighted by Crippen LogP contribution is 2.41. The van der Waals surface area contributed by atoms with Crippen LogP contribution in [0.25, 0.3) is 0 Å². The quantitative estimate of drug-likeness (QED) is 0.598. The number of amides is 2. The van der Waals surface area contributed by atoms with Gasteiger partial charge in [-0.3, -0.25) is 9.59 Å². The van der Waals surface area contributed by atoms with Crippen LogP contribution in [0.4, 0.5) is 17.6 Å². The molecule has 0 aromatic heterocycles. The summed E-state index contributed by atoms with van der Waals surface area (Å²) >= 11 is 1.33.